The second-order valence-electron chi connectivity index (χ2n) is 4.43. The molecular weight excluding hydrogens is 176 g/mol. The highest BCUT2D eigenvalue weighted by molar-refractivity contribution is 5.81. The molecule has 4 nitrogen and oxygen atoms in total. The molecule has 2 rings (SSSR count). The van der Waals surface area contributed by atoms with Gasteiger partial charge in [0, 0.05) is 26.7 Å². The van der Waals surface area contributed by atoms with Crippen molar-refractivity contribution in [1.82, 2.24) is 15.1 Å². The van der Waals surface area contributed by atoms with Crippen LogP contribution in [-0.2, 0) is 0 Å². The molecule has 0 aromatic carbocycles. The number of aliphatic imine (C=N–C) groups is 1. The summed E-state index contributed by atoms with van der Waals surface area (Å²) < 4.78 is 0. The zero-order valence-electron chi connectivity index (χ0n) is 9.16. The molecule has 0 bridgehead atoms. The predicted octanol–water partition coefficient (Wildman–Crippen LogP) is -0.171. The van der Waals surface area contributed by atoms with E-state index in [1.165, 1.54) is 19.5 Å². The third-order valence-corrected chi connectivity index (χ3v) is 3.04. The Hall–Kier alpha value is -0.770. The van der Waals surface area contributed by atoms with Crippen molar-refractivity contribution in [2.24, 2.45) is 10.9 Å². The number of nitrogens with one attached hydrogen (secondary N) is 1. The van der Waals surface area contributed by atoms with Crippen LogP contribution < -0.4 is 5.32 Å². The first-order chi connectivity index (χ1) is 6.75. The van der Waals surface area contributed by atoms with Gasteiger partial charge in [0.05, 0.1) is 6.54 Å². The van der Waals surface area contributed by atoms with Crippen LogP contribution in [0.3, 0.4) is 0 Å². The fourth-order valence-electron chi connectivity index (χ4n) is 2.29. The molecule has 80 valence electrons. The van der Waals surface area contributed by atoms with Crippen LogP contribution in [0.2, 0.25) is 0 Å². The fraction of sp³-hybridized carbons (Fsp3) is 0.900. The summed E-state index contributed by atoms with van der Waals surface area (Å²) in [4.78, 5) is 9.08. The van der Waals surface area contributed by atoms with Gasteiger partial charge in [0.2, 0.25) is 0 Å². The Morgan fingerprint density at radius 2 is 2.50 bits per heavy atom. The Morgan fingerprint density at radius 3 is 3.07 bits per heavy atom. The molecule has 4 heteroatoms. The third-order valence-electron chi connectivity index (χ3n) is 3.04. The number of guanidine groups is 1. The highest BCUT2D eigenvalue weighted by Crippen LogP contribution is 2.15. The molecule has 2 aliphatic rings. The van der Waals surface area contributed by atoms with Crippen molar-refractivity contribution in [1.29, 1.82) is 0 Å². The topological polar surface area (TPSA) is 30.9 Å². The van der Waals surface area contributed by atoms with Crippen LogP contribution in [0.15, 0.2) is 4.99 Å². The van der Waals surface area contributed by atoms with E-state index in [9.17, 15) is 0 Å². The van der Waals surface area contributed by atoms with Crippen LogP contribution in [-0.4, -0.2) is 62.6 Å². The maximum absolute atomic E-state index is 4.41. The maximum atomic E-state index is 4.41. The fourth-order valence-corrected chi connectivity index (χ4v) is 2.29. The lowest BCUT2D eigenvalue weighted by atomic mass is 10.1. The van der Waals surface area contributed by atoms with Crippen LogP contribution in [0.25, 0.3) is 0 Å². The van der Waals surface area contributed by atoms with Crippen molar-refractivity contribution < 1.29 is 0 Å². The molecule has 0 spiro atoms. The minimum Gasteiger partial charge on any atom is -0.354 e. The minimum atomic E-state index is 0.815. The molecule has 1 unspecified atom stereocenters. The van der Waals surface area contributed by atoms with E-state index in [0.29, 0.717) is 0 Å². The van der Waals surface area contributed by atoms with Crippen LogP contribution >= 0.6 is 0 Å². The van der Waals surface area contributed by atoms with Crippen LogP contribution in [0.5, 0.6) is 0 Å². The zero-order valence-corrected chi connectivity index (χ0v) is 9.16. The highest BCUT2D eigenvalue weighted by atomic mass is 15.3. The van der Waals surface area contributed by atoms with Gasteiger partial charge in [0.1, 0.15) is 0 Å². The van der Waals surface area contributed by atoms with E-state index in [1.807, 2.05) is 0 Å². The zero-order chi connectivity index (χ0) is 9.97. The van der Waals surface area contributed by atoms with Gasteiger partial charge in [-0.15, -0.1) is 0 Å². The number of hydrogen-bond acceptors (Lipinski definition) is 4. The van der Waals surface area contributed by atoms with Crippen molar-refractivity contribution in [2.45, 2.75) is 6.42 Å². The molecule has 2 aliphatic heterocycles. The smallest absolute Gasteiger partial charge is 0.193 e. The lowest BCUT2D eigenvalue weighted by molar-refractivity contribution is 0.352. The van der Waals surface area contributed by atoms with E-state index in [0.717, 1.165) is 31.5 Å². The normalized spacial score (nSPS) is 27.6. The molecular formula is C10H20N4. The molecule has 1 saturated heterocycles. The Kier molecular flexibility index (Phi) is 2.91. The van der Waals surface area contributed by atoms with Crippen molar-refractivity contribution in [3.05, 3.63) is 0 Å². The first-order valence-corrected chi connectivity index (χ1v) is 5.43. The molecule has 14 heavy (non-hydrogen) atoms. The summed E-state index contributed by atoms with van der Waals surface area (Å²) in [6.07, 6.45) is 1.33. The number of rotatable bonds is 2. The highest BCUT2D eigenvalue weighted by Gasteiger charge is 2.22. The molecule has 0 aromatic heterocycles. The van der Waals surface area contributed by atoms with Gasteiger partial charge in [0.25, 0.3) is 0 Å². The van der Waals surface area contributed by atoms with Crippen molar-refractivity contribution in [2.75, 3.05) is 46.8 Å². The monoisotopic (exact) mass is 196 g/mol. The second kappa shape index (κ2) is 4.17. The third kappa shape index (κ3) is 2.18. The first kappa shape index (κ1) is 9.77. The van der Waals surface area contributed by atoms with Gasteiger partial charge >= 0.3 is 0 Å². The lowest BCUT2D eigenvalue weighted by Crippen LogP contribution is -2.39. The van der Waals surface area contributed by atoms with E-state index in [4.69, 9.17) is 0 Å². The summed E-state index contributed by atoms with van der Waals surface area (Å²) in [6.45, 7) is 5.56. The number of nitrogens with zero attached hydrogens (tertiary/aromatic N) is 3. The van der Waals surface area contributed by atoms with Gasteiger partial charge in [-0.1, -0.05) is 0 Å². The predicted molar refractivity (Wildman–Crippen MR) is 58.5 cm³/mol. The van der Waals surface area contributed by atoms with Crippen LogP contribution in [0.1, 0.15) is 6.42 Å². The quantitative estimate of drug-likeness (QED) is 0.665. The van der Waals surface area contributed by atoms with E-state index in [2.05, 4.69) is 34.2 Å². The molecule has 1 N–H and O–H groups in total. The van der Waals surface area contributed by atoms with Gasteiger partial charge < -0.3 is 15.1 Å². The summed E-state index contributed by atoms with van der Waals surface area (Å²) in [7, 11) is 4.33. The Bertz CT molecular complexity index is 226. The molecule has 1 atom stereocenters. The molecule has 0 amide bonds. The number of hydrogen-bond donors (Lipinski definition) is 1. The molecule has 0 radical (unpaired) electrons. The lowest BCUT2D eigenvalue weighted by Gasteiger charge is -2.22. The molecule has 0 saturated carbocycles. The first-order valence-electron chi connectivity index (χ1n) is 5.43. The van der Waals surface area contributed by atoms with Crippen molar-refractivity contribution >= 4 is 5.96 Å². The van der Waals surface area contributed by atoms with Crippen LogP contribution in [0.4, 0.5) is 0 Å². The summed E-state index contributed by atoms with van der Waals surface area (Å²) in [6, 6.07) is 0. The van der Waals surface area contributed by atoms with Gasteiger partial charge in [0.15, 0.2) is 5.96 Å². The van der Waals surface area contributed by atoms with Crippen molar-refractivity contribution in [3.63, 3.8) is 0 Å². The second-order valence-corrected chi connectivity index (χ2v) is 4.43. The van der Waals surface area contributed by atoms with Crippen LogP contribution in [0, 0.1) is 5.92 Å². The Labute approximate surface area is 86.0 Å². The summed E-state index contributed by atoms with van der Waals surface area (Å²) >= 11 is 0. The van der Waals surface area contributed by atoms with E-state index in [1.54, 1.807) is 0 Å². The van der Waals surface area contributed by atoms with E-state index >= 15 is 0 Å². The standard InChI is InChI=1S/C10H20N4/c1-13-6-3-9(7-13)8-14(2)10-11-4-5-12-10/h9H,3-8H2,1-2H3,(H,11,12). The summed E-state index contributed by atoms with van der Waals surface area (Å²) in [5.74, 6) is 1.90. The Morgan fingerprint density at radius 1 is 1.64 bits per heavy atom. The largest absolute Gasteiger partial charge is 0.354 e. The minimum absolute atomic E-state index is 0.815. The summed E-state index contributed by atoms with van der Waals surface area (Å²) in [5.41, 5.74) is 0. The molecule has 2 heterocycles. The maximum Gasteiger partial charge on any atom is 0.193 e. The van der Waals surface area contributed by atoms with Gasteiger partial charge in [-0.05, 0) is 25.9 Å². The van der Waals surface area contributed by atoms with Gasteiger partial charge in [-0.2, -0.15) is 0 Å². The van der Waals surface area contributed by atoms with Gasteiger partial charge in [-0.25, -0.2) is 0 Å². The molecule has 1 fully saturated rings. The van der Waals surface area contributed by atoms with Crippen molar-refractivity contribution in [3.8, 4) is 0 Å². The average Bonchev–Trinajstić information content (AvgIpc) is 2.75. The van der Waals surface area contributed by atoms with Gasteiger partial charge in [-0.3, -0.25) is 4.99 Å². The SMILES string of the molecule is CN1CCC(CN(C)C2=NCCN2)C1. The van der Waals surface area contributed by atoms with E-state index in [-0.39, 0.29) is 0 Å². The molecule has 0 aromatic rings. The average molecular weight is 196 g/mol. The van der Waals surface area contributed by atoms with E-state index < -0.39 is 0 Å². The Balaban J connectivity index is 1.79. The molecule has 0 aliphatic carbocycles. The number of likely N-dealkylation sites (tertiary alicyclic amines) is 1. The summed E-state index contributed by atoms with van der Waals surface area (Å²) in [5, 5.41) is 3.30.